The SMILES string of the molecule is O=C(Cc1ccc(F)cc1)NCCNS(=O)(=O)C[C@@H]1CCOC1. The molecule has 2 rings (SSSR count). The Morgan fingerprint density at radius 1 is 1.26 bits per heavy atom. The lowest BCUT2D eigenvalue weighted by Crippen LogP contribution is -2.37. The number of sulfonamides is 1. The highest BCUT2D eigenvalue weighted by molar-refractivity contribution is 7.89. The molecule has 8 heteroatoms. The number of nitrogens with one attached hydrogen (secondary N) is 2. The summed E-state index contributed by atoms with van der Waals surface area (Å²) in [5.41, 5.74) is 0.700. The van der Waals surface area contributed by atoms with Crippen LogP contribution in [0.5, 0.6) is 0 Å². The largest absolute Gasteiger partial charge is 0.381 e. The quantitative estimate of drug-likeness (QED) is 0.670. The van der Waals surface area contributed by atoms with Crippen LogP contribution in [0.25, 0.3) is 0 Å². The summed E-state index contributed by atoms with van der Waals surface area (Å²) in [5.74, 6) is -0.493. The van der Waals surface area contributed by atoms with E-state index in [1.165, 1.54) is 12.1 Å². The van der Waals surface area contributed by atoms with Crippen LogP contribution >= 0.6 is 0 Å². The Morgan fingerprint density at radius 2 is 2.00 bits per heavy atom. The topological polar surface area (TPSA) is 84.5 Å². The van der Waals surface area contributed by atoms with E-state index in [9.17, 15) is 17.6 Å². The second-order valence-corrected chi connectivity index (χ2v) is 7.41. The van der Waals surface area contributed by atoms with Gasteiger partial charge in [-0.05, 0) is 30.0 Å². The van der Waals surface area contributed by atoms with Crippen LogP contribution < -0.4 is 10.0 Å². The van der Waals surface area contributed by atoms with E-state index >= 15 is 0 Å². The lowest BCUT2D eigenvalue weighted by atomic mass is 10.1. The summed E-state index contributed by atoms with van der Waals surface area (Å²) in [4.78, 5) is 11.7. The van der Waals surface area contributed by atoms with Gasteiger partial charge in [0.25, 0.3) is 0 Å². The van der Waals surface area contributed by atoms with Gasteiger partial charge in [0.05, 0.1) is 18.8 Å². The highest BCUT2D eigenvalue weighted by atomic mass is 32.2. The summed E-state index contributed by atoms with van der Waals surface area (Å²) in [5, 5.41) is 2.63. The van der Waals surface area contributed by atoms with E-state index in [1.54, 1.807) is 12.1 Å². The van der Waals surface area contributed by atoms with Gasteiger partial charge in [0.15, 0.2) is 0 Å². The molecule has 1 aliphatic heterocycles. The molecular formula is C15H21FN2O4S. The molecule has 128 valence electrons. The third kappa shape index (κ3) is 6.64. The molecule has 0 spiro atoms. The molecule has 1 aliphatic rings. The first kappa shape index (κ1) is 17.8. The van der Waals surface area contributed by atoms with Gasteiger partial charge in [-0.25, -0.2) is 17.5 Å². The highest BCUT2D eigenvalue weighted by Crippen LogP contribution is 2.13. The molecule has 0 aromatic heterocycles. The second kappa shape index (κ2) is 8.37. The number of hydrogen-bond donors (Lipinski definition) is 2. The Hall–Kier alpha value is -1.51. The number of hydrogen-bond acceptors (Lipinski definition) is 4. The van der Waals surface area contributed by atoms with Crippen molar-refractivity contribution < 1.29 is 22.3 Å². The molecule has 2 N–H and O–H groups in total. The normalized spacial score (nSPS) is 18.0. The molecule has 1 aromatic rings. The van der Waals surface area contributed by atoms with Crippen LogP contribution in [0.4, 0.5) is 4.39 Å². The van der Waals surface area contributed by atoms with Gasteiger partial charge in [-0.3, -0.25) is 4.79 Å². The first-order chi connectivity index (χ1) is 10.9. The standard InChI is InChI=1S/C15H21FN2O4S/c16-14-3-1-12(2-4-14)9-15(19)17-6-7-18-23(20,21)11-13-5-8-22-10-13/h1-4,13,18H,5-11H2,(H,17,19)/t13-/m1/s1. The molecule has 6 nitrogen and oxygen atoms in total. The Labute approximate surface area is 135 Å². The van der Waals surface area contributed by atoms with Gasteiger partial charge < -0.3 is 10.1 Å². The van der Waals surface area contributed by atoms with Gasteiger partial charge in [0, 0.05) is 19.7 Å². The van der Waals surface area contributed by atoms with E-state index in [1.807, 2.05) is 0 Å². The zero-order valence-corrected chi connectivity index (χ0v) is 13.6. The number of ether oxygens (including phenoxy) is 1. The number of benzene rings is 1. The monoisotopic (exact) mass is 344 g/mol. The summed E-state index contributed by atoms with van der Waals surface area (Å²) in [6, 6.07) is 5.68. The molecule has 1 amide bonds. The van der Waals surface area contributed by atoms with Crippen molar-refractivity contribution in [3.63, 3.8) is 0 Å². The van der Waals surface area contributed by atoms with Crippen molar-refractivity contribution in [2.45, 2.75) is 12.8 Å². The highest BCUT2D eigenvalue weighted by Gasteiger charge is 2.22. The van der Waals surface area contributed by atoms with Crippen LogP contribution in [0.3, 0.4) is 0 Å². The van der Waals surface area contributed by atoms with E-state index in [4.69, 9.17) is 4.74 Å². The second-order valence-electron chi connectivity index (χ2n) is 5.56. The average Bonchev–Trinajstić information content (AvgIpc) is 2.98. The maximum absolute atomic E-state index is 12.8. The van der Waals surface area contributed by atoms with Crippen molar-refractivity contribution in [3.05, 3.63) is 35.6 Å². The zero-order valence-electron chi connectivity index (χ0n) is 12.8. The summed E-state index contributed by atoms with van der Waals surface area (Å²) in [7, 11) is -3.35. The lowest BCUT2D eigenvalue weighted by Gasteiger charge is -2.10. The van der Waals surface area contributed by atoms with Crippen LogP contribution in [0, 0.1) is 11.7 Å². The van der Waals surface area contributed by atoms with E-state index < -0.39 is 10.0 Å². The number of rotatable bonds is 8. The summed E-state index contributed by atoms with van der Waals surface area (Å²) in [6.07, 6.45) is 0.891. The van der Waals surface area contributed by atoms with E-state index in [0.717, 1.165) is 6.42 Å². The number of carbonyl (C=O) groups excluding carboxylic acids is 1. The smallest absolute Gasteiger partial charge is 0.224 e. The van der Waals surface area contributed by atoms with Gasteiger partial charge >= 0.3 is 0 Å². The van der Waals surface area contributed by atoms with Gasteiger partial charge in [0.1, 0.15) is 5.82 Å². The minimum atomic E-state index is -3.35. The number of halogens is 1. The third-order valence-corrected chi connectivity index (χ3v) is 5.08. The fourth-order valence-electron chi connectivity index (χ4n) is 2.34. The number of amides is 1. The van der Waals surface area contributed by atoms with Gasteiger partial charge in [-0.15, -0.1) is 0 Å². The molecule has 0 unspecified atom stereocenters. The fraction of sp³-hybridized carbons (Fsp3) is 0.533. The molecule has 0 radical (unpaired) electrons. The Bertz CT molecular complexity index is 613. The lowest BCUT2D eigenvalue weighted by molar-refractivity contribution is -0.120. The molecule has 0 saturated carbocycles. The number of carbonyl (C=O) groups is 1. The first-order valence-corrected chi connectivity index (χ1v) is 9.16. The van der Waals surface area contributed by atoms with Crippen LogP contribution in [0.2, 0.25) is 0 Å². The fourth-order valence-corrected chi connectivity index (χ4v) is 3.76. The molecule has 23 heavy (non-hydrogen) atoms. The third-order valence-electron chi connectivity index (χ3n) is 3.53. The first-order valence-electron chi connectivity index (χ1n) is 7.51. The maximum atomic E-state index is 12.8. The molecule has 1 fully saturated rings. The summed E-state index contributed by atoms with van der Waals surface area (Å²) < 4.78 is 44.1. The van der Waals surface area contributed by atoms with Crippen molar-refractivity contribution in [3.8, 4) is 0 Å². The van der Waals surface area contributed by atoms with E-state index in [0.29, 0.717) is 18.8 Å². The van der Waals surface area contributed by atoms with Crippen LogP contribution in [0.1, 0.15) is 12.0 Å². The molecule has 1 saturated heterocycles. The van der Waals surface area contributed by atoms with Crippen LogP contribution in [0.15, 0.2) is 24.3 Å². The van der Waals surface area contributed by atoms with Crippen molar-refractivity contribution >= 4 is 15.9 Å². The minimum Gasteiger partial charge on any atom is -0.381 e. The predicted octanol–water partition coefficient (Wildman–Crippen LogP) is 0.440. The van der Waals surface area contributed by atoms with Crippen molar-refractivity contribution in [2.24, 2.45) is 5.92 Å². The van der Waals surface area contributed by atoms with Crippen molar-refractivity contribution in [1.82, 2.24) is 10.0 Å². The molecule has 0 bridgehead atoms. The van der Waals surface area contributed by atoms with Crippen molar-refractivity contribution in [2.75, 3.05) is 32.1 Å². The maximum Gasteiger partial charge on any atom is 0.224 e. The Morgan fingerprint density at radius 3 is 2.65 bits per heavy atom. The molecule has 1 aromatic carbocycles. The molecule has 1 heterocycles. The van der Waals surface area contributed by atoms with Gasteiger partial charge in [-0.1, -0.05) is 12.1 Å². The predicted molar refractivity (Wildman–Crippen MR) is 83.8 cm³/mol. The Balaban J connectivity index is 1.64. The van der Waals surface area contributed by atoms with Crippen LogP contribution in [-0.4, -0.2) is 46.4 Å². The van der Waals surface area contributed by atoms with Gasteiger partial charge in [0.2, 0.25) is 15.9 Å². The minimum absolute atomic E-state index is 0.0422. The summed E-state index contributed by atoms with van der Waals surface area (Å²) >= 11 is 0. The van der Waals surface area contributed by atoms with E-state index in [2.05, 4.69) is 10.0 Å². The van der Waals surface area contributed by atoms with Gasteiger partial charge in [-0.2, -0.15) is 0 Å². The van der Waals surface area contributed by atoms with Crippen LogP contribution in [-0.2, 0) is 26.0 Å². The van der Waals surface area contributed by atoms with E-state index in [-0.39, 0.29) is 42.9 Å². The zero-order chi connectivity index (χ0) is 16.7. The average molecular weight is 344 g/mol. The Kier molecular flexibility index (Phi) is 6.49. The molecule has 1 atom stereocenters. The molecule has 0 aliphatic carbocycles. The van der Waals surface area contributed by atoms with Crippen molar-refractivity contribution in [1.29, 1.82) is 0 Å². The molecular weight excluding hydrogens is 323 g/mol. The summed E-state index contributed by atoms with van der Waals surface area (Å²) in [6.45, 7) is 1.44.